The molecule has 3 nitrogen and oxygen atoms in total. The summed E-state index contributed by atoms with van der Waals surface area (Å²) in [5, 5.41) is 11.2. The summed E-state index contributed by atoms with van der Waals surface area (Å²) in [6.07, 6.45) is 0. The van der Waals surface area contributed by atoms with Crippen LogP contribution in [0, 0.1) is 0 Å². The lowest BCUT2D eigenvalue weighted by molar-refractivity contribution is -0.124. The third kappa shape index (κ3) is 2.82. The van der Waals surface area contributed by atoms with E-state index in [9.17, 15) is 4.79 Å². The van der Waals surface area contributed by atoms with Crippen LogP contribution < -0.4 is 5.32 Å². The van der Waals surface area contributed by atoms with Crippen LogP contribution in [0.3, 0.4) is 0 Å². The SMILES string of the molecule is CC(NC(=O)CO)c1ccccc1Br. The summed E-state index contributed by atoms with van der Waals surface area (Å²) < 4.78 is 0.950. The van der Waals surface area contributed by atoms with Crippen molar-refractivity contribution in [3.63, 3.8) is 0 Å². The molecule has 0 saturated carbocycles. The first kappa shape index (κ1) is 11.2. The maximum absolute atomic E-state index is 10.9. The molecule has 0 aromatic heterocycles. The first-order chi connectivity index (χ1) is 6.65. The number of nitrogens with one attached hydrogen (secondary N) is 1. The van der Waals surface area contributed by atoms with Crippen molar-refractivity contribution < 1.29 is 9.90 Å². The van der Waals surface area contributed by atoms with Crippen LogP contribution in [0.5, 0.6) is 0 Å². The van der Waals surface area contributed by atoms with E-state index in [1.165, 1.54) is 0 Å². The summed E-state index contributed by atoms with van der Waals surface area (Å²) in [5.74, 6) is -0.367. The average Bonchev–Trinajstić information content (AvgIpc) is 2.18. The minimum atomic E-state index is -0.477. The van der Waals surface area contributed by atoms with Crippen LogP contribution in [0.1, 0.15) is 18.5 Å². The van der Waals surface area contributed by atoms with Gasteiger partial charge < -0.3 is 10.4 Å². The molecular weight excluding hydrogens is 246 g/mol. The molecule has 1 amide bonds. The van der Waals surface area contributed by atoms with Gasteiger partial charge in [0.25, 0.3) is 0 Å². The van der Waals surface area contributed by atoms with Crippen molar-refractivity contribution in [3.05, 3.63) is 34.3 Å². The van der Waals surface area contributed by atoms with Gasteiger partial charge >= 0.3 is 0 Å². The average molecular weight is 258 g/mol. The summed E-state index contributed by atoms with van der Waals surface area (Å²) >= 11 is 3.39. The van der Waals surface area contributed by atoms with Gasteiger partial charge in [-0.25, -0.2) is 0 Å². The number of aliphatic hydroxyl groups excluding tert-OH is 1. The Hall–Kier alpha value is -0.870. The number of halogens is 1. The summed E-state index contributed by atoms with van der Waals surface area (Å²) in [6.45, 7) is 1.39. The van der Waals surface area contributed by atoms with E-state index in [-0.39, 0.29) is 11.9 Å². The highest BCUT2D eigenvalue weighted by molar-refractivity contribution is 9.10. The van der Waals surface area contributed by atoms with E-state index < -0.39 is 6.61 Å². The van der Waals surface area contributed by atoms with E-state index in [4.69, 9.17) is 5.11 Å². The highest BCUT2D eigenvalue weighted by atomic mass is 79.9. The Kier molecular flexibility index (Phi) is 4.10. The lowest BCUT2D eigenvalue weighted by Crippen LogP contribution is -2.29. The van der Waals surface area contributed by atoms with Crippen molar-refractivity contribution >= 4 is 21.8 Å². The maximum Gasteiger partial charge on any atom is 0.246 e. The highest BCUT2D eigenvalue weighted by Crippen LogP contribution is 2.22. The number of hydrogen-bond donors (Lipinski definition) is 2. The van der Waals surface area contributed by atoms with E-state index in [1.807, 2.05) is 31.2 Å². The third-order valence-electron chi connectivity index (χ3n) is 1.89. The zero-order valence-corrected chi connectivity index (χ0v) is 9.41. The second kappa shape index (κ2) is 5.12. The summed E-state index contributed by atoms with van der Waals surface area (Å²) in [5.41, 5.74) is 0.995. The van der Waals surface area contributed by atoms with E-state index in [1.54, 1.807) is 0 Å². The number of aliphatic hydroxyl groups is 1. The maximum atomic E-state index is 10.9. The van der Waals surface area contributed by atoms with E-state index in [0.717, 1.165) is 10.0 Å². The number of carbonyl (C=O) groups excluding carboxylic acids is 1. The topological polar surface area (TPSA) is 49.3 Å². The molecule has 4 heteroatoms. The zero-order valence-electron chi connectivity index (χ0n) is 7.83. The fourth-order valence-electron chi connectivity index (χ4n) is 1.19. The van der Waals surface area contributed by atoms with Crippen molar-refractivity contribution in [2.24, 2.45) is 0 Å². The van der Waals surface area contributed by atoms with Gasteiger partial charge in [-0.1, -0.05) is 34.1 Å². The van der Waals surface area contributed by atoms with Gasteiger partial charge in [-0.15, -0.1) is 0 Å². The van der Waals surface area contributed by atoms with Crippen LogP contribution in [-0.2, 0) is 4.79 Å². The Morgan fingerprint density at radius 1 is 1.57 bits per heavy atom. The normalized spacial score (nSPS) is 12.2. The molecule has 1 aromatic carbocycles. The van der Waals surface area contributed by atoms with Gasteiger partial charge in [-0.3, -0.25) is 4.79 Å². The quantitative estimate of drug-likeness (QED) is 0.865. The van der Waals surface area contributed by atoms with Gasteiger partial charge in [0.15, 0.2) is 0 Å². The van der Waals surface area contributed by atoms with E-state index in [2.05, 4.69) is 21.2 Å². The van der Waals surface area contributed by atoms with Crippen molar-refractivity contribution in [2.75, 3.05) is 6.61 Å². The Labute approximate surface area is 91.3 Å². The Bertz CT molecular complexity index is 328. The van der Waals surface area contributed by atoms with Gasteiger partial charge in [0.2, 0.25) is 5.91 Å². The molecule has 1 aromatic rings. The number of benzene rings is 1. The Morgan fingerprint density at radius 3 is 2.79 bits per heavy atom. The zero-order chi connectivity index (χ0) is 10.6. The summed E-state index contributed by atoms with van der Waals surface area (Å²) in [4.78, 5) is 10.9. The van der Waals surface area contributed by atoms with Gasteiger partial charge in [0, 0.05) is 4.47 Å². The number of rotatable bonds is 3. The largest absolute Gasteiger partial charge is 0.387 e. The number of hydrogen-bond acceptors (Lipinski definition) is 2. The first-order valence-electron chi connectivity index (χ1n) is 4.29. The molecule has 1 atom stereocenters. The molecule has 76 valence electrons. The summed E-state index contributed by atoms with van der Waals surface area (Å²) in [6, 6.07) is 7.55. The highest BCUT2D eigenvalue weighted by Gasteiger charge is 2.10. The van der Waals surface area contributed by atoms with Crippen LogP contribution in [0.25, 0.3) is 0 Å². The third-order valence-corrected chi connectivity index (χ3v) is 2.62. The molecule has 2 N–H and O–H groups in total. The molecule has 0 fully saturated rings. The van der Waals surface area contributed by atoms with Crippen LogP contribution in [0.15, 0.2) is 28.7 Å². The summed E-state index contributed by atoms with van der Waals surface area (Å²) in [7, 11) is 0. The van der Waals surface area contributed by atoms with Crippen LogP contribution in [0.4, 0.5) is 0 Å². The van der Waals surface area contributed by atoms with Crippen LogP contribution >= 0.6 is 15.9 Å². The Morgan fingerprint density at radius 2 is 2.21 bits per heavy atom. The predicted octanol–water partition coefficient (Wildman–Crippen LogP) is 1.62. The van der Waals surface area contributed by atoms with Crippen molar-refractivity contribution in [1.82, 2.24) is 5.32 Å². The molecule has 0 saturated heterocycles. The molecule has 0 spiro atoms. The van der Waals surface area contributed by atoms with Crippen molar-refractivity contribution in [1.29, 1.82) is 0 Å². The van der Waals surface area contributed by atoms with Crippen molar-refractivity contribution in [2.45, 2.75) is 13.0 Å². The standard InChI is InChI=1S/C10H12BrNO2/c1-7(12-10(14)6-13)8-4-2-3-5-9(8)11/h2-5,7,13H,6H2,1H3,(H,12,14). The molecule has 1 rings (SSSR count). The first-order valence-corrected chi connectivity index (χ1v) is 5.09. The molecule has 14 heavy (non-hydrogen) atoms. The number of carbonyl (C=O) groups is 1. The molecule has 0 aliphatic heterocycles. The fraction of sp³-hybridized carbons (Fsp3) is 0.300. The smallest absolute Gasteiger partial charge is 0.246 e. The van der Waals surface area contributed by atoms with E-state index >= 15 is 0 Å². The van der Waals surface area contributed by atoms with Crippen LogP contribution in [-0.4, -0.2) is 17.6 Å². The lowest BCUT2D eigenvalue weighted by Gasteiger charge is -2.14. The second-order valence-corrected chi connectivity index (χ2v) is 3.82. The van der Waals surface area contributed by atoms with Gasteiger partial charge in [-0.05, 0) is 18.6 Å². The number of amides is 1. The Balaban J connectivity index is 2.74. The minimum absolute atomic E-state index is 0.106. The molecule has 0 heterocycles. The lowest BCUT2D eigenvalue weighted by atomic mass is 10.1. The minimum Gasteiger partial charge on any atom is -0.387 e. The van der Waals surface area contributed by atoms with Gasteiger partial charge in [-0.2, -0.15) is 0 Å². The van der Waals surface area contributed by atoms with Crippen molar-refractivity contribution in [3.8, 4) is 0 Å². The van der Waals surface area contributed by atoms with Gasteiger partial charge in [0.05, 0.1) is 6.04 Å². The van der Waals surface area contributed by atoms with E-state index in [0.29, 0.717) is 0 Å². The fourth-order valence-corrected chi connectivity index (χ4v) is 1.82. The second-order valence-electron chi connectivity index (χ2n) is 2.97. The predicted molar refractivity (Wildman–Crippen MR) is 57.8 cm³/mol. The van der Waals surface area contributed by atoms with Crippen LogP contribution in [0.2, 0.25) is 0 Å². The monoisotopic (exact) mass is 257 g/mol. The molecule has 0 bridgehead atoms. The molecule has 0 aliphatic rings. The molecular formula is C10H12BrNO2. The molecule has 1 unspecified atom stereocenters. The molecule has 0 radical (unpaired) electrons. The van der Waals surface area contributed by atoms with Gasteiger partial charge in [0.1, 0.15) is 6.61 Å². The molecule has 0 aliphatic carbocycles.